The molecular formula is C17H35N3O. The number of methoxy groups -OCH3 is 1. The Hall–Kier alpha value is -0.160. The normalized spacial score (nSPS) is 24.3. The molecule has 0 bridgehead atoms. The van der Waals surface area contributed by atoms with Crippen LogP contribution in [0.15, 0.2) is 0 Å². The first-order chi connectivity index (χ1) is 10.3. The van der Waals surface area contributed by atoms with Crippen LogP contribution in [0.2, 0.25) is 0 Å². The lowest BCUT2D eigenvalue weighted by molar-refractivity contribution is 0.0414. The van der Waals surface area contributed by atoms with Crippen molar-refractivity contribution in [2.75, 3.05) is 53.0 Å². The van der Waals surface area contributed by atoms with Gasteiger partial charge in [-0.3, -0.25) is 4.90 Å². The summed E-state index contributed by atoms with van der Waals surface area (Å²) in [5.74, 6) is 0. The van der Waals surface area contributed by atoms with Crippen LogP contribution in [-0.2, 0) is 4.74 Å². The Kier molecular flexibility index (Phi) is 8.01. The summed E-state index contributed by atoms with van der Waals surface area (Å²) in [6, 6.07) is 1.39. The van der Waals surface area contributed by atoms with Crippen LogP contribution in [0.4, 0.5) is 0 Å². The van der Waals surface area contributed by atoms with Crippen LogP contribution in [-0.4, -0.2) is 74.9 Å². The van der Waals surface area contributed by atoms with Gasteiger partial charge in [0.2, 0.25) is 0 Å². The molecule has 0 aromatic carbocycles. The molecule has 2 aliphatic heterocycles. The van der Waals surface area contributed by atoms with Crippen LogP contribution in [0.25, 0.3) is 0 Å². The predicted octanol–water partition coefficient (Wildman–Crippen LogP) is 1.95. The van der Waals surface area contributed by atoms with Crippen molar-refractivity contribution in [1.82, 2.24) is 15.1 Å². The Bertz CT molecular complexity index is 261. The van der Waals surface area contributed by atoms with Crippen LogP contribution in [0.3, 0.4) is 0 Å². The van der Waals surface area contributed by atoms with Gasteiger partial charge in [0, 0.05) is 38.8 Å². The highest BCUT2D eigenvalue weighted by atomic mass is 16.5. The van der Waals surface area contributed by atoms with Crippen LogP contribution < -0.4 is 5.32 Å². The van der Waals surface area contributed by atoms with E-state index in [1.165, 1.54) is 64.7 Å². The highest BCUT2D eigenvalue weighted by Gasteiger charge is 2.28. The third kappa shape index (κ3) is 5.51. The van der Waals surface area contributed by atoms with Gasteiger partial charge in [-0.1, -0.05) is 13.3 Å². The van der Waals surface area contributed by atoms with Crippen molar-refractivity contribution in [2.45, 2.75) is 57.5 Å². The van der Waals surface area contributed by atoms with E-state index in [4.69, 9.17) is 4.74 Å². The molecule has 0 aromatic rings. The molecule has 2 saturated heterocycles. The number of nitrogens with one attached hydrogen (secondary N) is 1. The van der Waals surface area contributed by atoms with E-state index in [0.717, 1.165) is 25.7 Å². The summed E-state index contributed by atoms with van der Waals surface area (Å²) in [6.07, 6.45) is 8.15. The smallest absolute Gasteiger partial charge is 0.0630 e. The van der Waals surface area contributed by atoms with Gasteiger partial charge in [0.15, 0.2) is 0 Å². The van der Waals surface area contributed by atoms with Crippen molar-refractivity contribution in [1.29, 1.82) is 0 Å². The third-order valence-corrected chi connectivity index (χ3v) is 5.09. The molecule has 4 nitrogen and oxygen atoms in total. The van der Waals surface area contributed by atoms with E-state index >= 15 is 0 Å². The summed E-state index contributed by atoms with van der Waals surface area (Å²) in [4.78, 5) is 5.40. The van der Waals surface area contributed by atoms with Crippen molar-refractivity contribution < 1.29 is 4.74 Å². The zero-order chi connectivity index (χ0) is 14.9. The van der Waals surface area contributed by atoms with Crippen LogP contribution in [0.5, 0.6) is 0 Å². The van der Waals surface area contributed by atoms with Gasteiger partial charge in [0.05, 0.1) is 6.61 Å². The number of hydrogen-bond donors (Lipinski definition) is 1. The minimum atomic E-state index is 0.545. The molecule has 0 aromatic heterocycles. The maximum Gasteiger partial charge on any atom is 0.0630 e. The van der Waals surface area contributed by atoms with Crippen molar-refractivity contribution in [3.63, 3.8) is 0 Å². The molecule has 4 heteroatoms. The van der Waals surface area contributed by atoms with Crippen molar-refractivity contribution in [3.8, 4) is 0 Å². The molecule has 0 radical (unpaired) electrons. The Balaban J connectivity index is 1.74. The largest absolute Gasteiger partial charge is 0.383 e. The fourth-order valence-corrected chi connectivity index (χ4v) is 3.83. The zero-order valence-corrected chi connectivity index (χ0v) is 14.1. The first kappa shape index (κ1) is 17.2. The summed E-state index contributed by atoms with van der Waals surface area (Å²) < 4.78 is 5.44. The summed E-state index contributed by atoms with van der Waals surface area (Å²) in [7, 11) is 1.83. The van der Waals surface area contributed by atoms with E-state index in [2.05, 4.69) is 22.0 Å². The van der Waals surface area contributed by atoms with E-state index in [9.17, 15) is 0 Å². The van der Waals surface area contributed by atoms with E-state index in [-0.39, 0.29) is 0 Å². The SMILES string of the molecule is CCCNCC(COC)N1CCC(N2CCCCC2)CC1. The number of piperidine rings is 2. The first-order valence-electron chi connectivity index (χ1n) is 9.03. The third-order valence-electron chi connectivity index (χ3n) is 5.09. The average molecular weight is 297 g/mol. The number of ether oxygens (including phenoxy) is 1. The monoisotopic (exact) mass is 297 g/mol. The predicted molar refractivity (Wildman–Crippen MR) is 88.8 cm³/mol. The van der Waals surface area contributed by atoms with Crippen LogP contribution >= 0.6 is 0 Å². The van der Waals surface area contributed by atoms with Crippen molar-refractivity contribution >= 4 is 0 Å². The fourth-order valence-electron chi connectivity index (χ4n) is 3.83. The van der Waals surface area contributed by atoms with Gasteiger partial charge >= 0.3 is 0 Å². The molecule has 0 spiro atoms. The van der Waals surface area contributed by atoms with Gasteiger partial charge in [-0.15, -0.1) is 0 Å². The lowest BCUT2D eigenvalue weighted by Crippen LogP contribution is -2.52. The molecule has 2 rings (SSSR count). The summed E-state index contributed by atoms with van der Waals surface area (Å²) in [5.41, 5.74) is 0. The molecule has 2 heterocycles. The van der Waals surface area contributed by atoms with E-state index in [0.29, 0.717) is 6.04 Å². The molecule has 1 unspecified atom stereocenters. The molecule has 124 valence electrons. The van der Waals surface area contributed by atoms with Gasteiger partial charge in [-0.2, -0.15) is 0 Å². The van der Waals surface area contributed by atoms with Crippen LogP contribution in [0, 0.1) is 0 Å². The highest BCUT2D eigenvalue weighted by Crippen LogP contribution is 2.21. The van der Waals surface area contributed by atoms with Gasteiger partial charge in [0.1, 0.15) is 0 Å². The average Bonchev–Trinajstić information content (AvgIpc) is 2.55. The molecule has 2 fully saturated rings. The lowest BCUT2D eigenvalue weighted by Gasteiger charge is -2.42. The minimum absolute atomic E-state index is 0.545. The highest BCUT2D eigenvalue weighted by molar-refractivity contribution is 4.85. The molecule has 1 N–H and O–H groups in total. The van der Waals surface area contributed by atoms with Crippen molar-refractivity contribution in [3.05, 3.63) is 0 Å². The number of likely N-dealkylation sites (tertiary alicyclic amines) is 2. The molecule has 0 saturated carbocycles. The quantitative estimate of drug-likeness (QED) is 0.693. The van der Waals surface area contributed by atoms with Gasteiger partial charge in [-0.25, -0.2) is 0 Å². The van der Waals surface area contributed by atoms with E-state index in [1.807, 2.05) is 7.11 Å². The standard InChI is InChI=1S/C17H35N3O/c1-3-9-18-14-17(15-21-2)20-12-7-16(8-13-20)19-10-5-4-6-11-19/h16-18H,3-15H2,1-2H3. The Morgan fingerprint density at radius 3 is 2.43 bits per heavy atom. The van der Waals surface area contributed by atoms with Gasteiger partial charge < -0.3 is 15.0 Å². The fraction of sp³-hybridized carbons (Fsp3) is 1.00. The number of nitrogens with zero attached hydrogens (tertiary/aromatic N) is 2. The Labute approximate surface area is 131 Å². The maximum absolute atomic E-state index is 5.44. The van der Waals surface area contributed by atoms with Gasteiger partial charge in [-0.05, 0) is 51.7 Å². The topological polar surface area (TPSA) is 27.7 Å². The number of hydrogen-bond acceptors (Lipinski definition) is 4. The Morgan fingerprint density at radius 1 is 1.10 bits per heavy atom. The molecule has 0 aliphatic carbocycles. The number of rotatable bonds is 8. The molecule has 1 atom stereocenters. The summed E-state index contributed by atoms with van der Waals surface area (Å²) in [6.45, 7) is 10.4. The van der Waals surface area contributed by atoms with Gasteiger partial charge in [0.25, 0.3) is 0 Å². The minimum Gasteiger partial charge on any atom is -0.383 e. The lowest BCUT2D eigenvalue weighted by atomic mass is 9.99. The second-order valence-electron chi connectivity index (χ2n) is 6.68. The molecule has 2 aliphatic rings. The van der Waals surface area contributed by atoms with E-state index < -0.39 is 0 Å². The second-order valence-corrected chi connectivity index (χ2v) is 6.68. The Morgan fingerprint density at radius 2 is 1.81 bits per heavy atom. The molecular weight excluding hydrogens is 262 g/mol. The summed E-state index contributed by atoms with van der Waals surface area (Å²) in [5, 5.41) is 3.56. The zero-order valence-electron chi connectivity index (χ0n) is 14.1. The molecule has 0 amide bonds. The first-order valence-corrected chi connectivity index (χ1v) is 9.03. The van der Waals surface area contributed by atoms with E-state index in [1.54, 1.807) is 0 Å². The summed E-state index contributed by atoms with van der Waals surface area (Å²) >= 11 is 0. The second kappa shape index (κ2) is 9.78. The maximum atomic E-state index is 5.44. The molecule has 21 heavy (non-hydrogen) atoms. The van der Waals surface area contributed by atoms with Crippen molar-refractivity contribution in [2.24, 2.45) is 0 Å². The van der Waals surface area contributed by atoms with Crippen LogP contribution in [0.1, 0.15) is 45.4 Å².